The van der Waals surface area contributed by atoms with Gasteiger partial charge in [0.05, 0.1) is 0 Å². The molecular formula is C26H23BrN2O5S. The van der Waals surface area contributed by atoms with E-state index in [2.05, 4.69) is 45.2 Å². The minimum Gasteiger partial charge on any atom is -0.480 e. The van der Waals surface area contributed by atoms with E-state index in [1.807, 2.05) is 29.6 Å². The van der Waals surface area contributed by atoms with E-state index in [0.717, 1.165) is 11.4 Å². The number of piperidine rings is 1. The highest BCUT2D eigenvalue weighted by atomic mass is 79.9. The Labute approximate surface area is 214 Å². The topological polar surface area (TPSA) is 89.0 Å². The number of aromatic nitrogens is 1. The van der Waals surface area contributed by atoms with E-state index in [-0.39, 0.29) is 30.6 Å². The molecule has 2 aromatic carbocycles. The molecule has 1 amide bonds. The third-order valence-corrected chi connectivity index (χ3v) is 9.19. The average Bonchev–Trinajstić information content (AvgIpc) is 3.63. The lowest BCUT2D eigenvalue weighted by Gasteiger charge is -2.39. The zero-order chi connectivity index (χ0) is 24.2. The van der Waals surface area contributed by atoms with Crippen molar-refractivity contribution < 1.29 is 24.2 Å². The molecule has 2 fully saturated rings. The van der Waals surface area contributed by atoms with Crippen LogP contribution in [0.25, 0.3) is 11.1 Å². The maximum absolute atomic E-state index is 13.2. The molecule has 1 aromatic heterocycles. The number of fused-ring (bicyclic) bond motifs is 5. The van der Waals surface area contributed by atoms with Gasteiger partial charge in [0.15, 0.2) is 0 Å². The third-order valence-electron chi connectivity index (χ3n) is 7.47. The summed E-state index contributed by atoms with van der Waals surface area (Å²) in [4.78, 5) is 30.8. The van der Waals surface area contributed by atoms with Crippen molar-refractivity contribution in [3.63, 3.8) is 0 Å². The van der Waals surface area contributed by atoms with E-state index >= 15 is 0 Å². The average molecular weight is 555 g/mol. The zero-order valence-corrected chi connectivity index (χ0v) is 21.1. The van der Waals surface area contributed by atoms with Gasteiger partial charge in [-0.3, -0.25) is 0 Å². The number of carbonyl (C=O) groups is 2. The fourth-order valence-corrected chi connectivity index (χ4v) is 7.50. The third kappa shape index (κ3) is 3.77. The van der Waals surface area contributed by atoms with Crippen LogP contribution in [0.1, 0.15) is 34.9 Å². The van der Waals surface area contributed by atoms with Crippen LogP contribution in [0.15, 0.2) is 58.5 Å². The van der Waals surface area contributed by atoms with Crippen molar-refractivity contribution in [1.29, 1.82) is 0 Å². The van der Waals surface area contributed by atoms with Gasteiger partial charge in [0, 0.05) is 36.2 Å². The van der Waals surface area contributed by atoms with Crippen LogP contribution in [0, 0.1) is 5.92 Å². The van der Waals surface area contributed by atoms with Crippen LogP contribution in [0.2, 0.25) is 0 Å². The first kappa shape index (κ1) is 22.7. The molecule has 180 valence electrons. The fraction of sp³-hybridized carbons (Fsp3) is 0.346. The number of likely N-dealkylation sites (tertiary alicyclic amines) is 1. The van der Waals surface area contributed by atoms with Crippen LogP contribution in [0.5, 0.6) is 0 Å². The quantitative estimate of drug-likeness (QED) is 0.448. The van der Waals surface area contributed by atoms with Crippen molar-refractivity contribution in [3.8, 4) is 11.1 Å². The molecule has 1 aliphatic heterocycles. The van der Waals surface area contributed by atoms with Crippen molar-refractivity contribution in [2.24, 2.45) is 5.92 Å². The largest absolute Gasteiger partial charge is 0.480 e. The lowest BCUT2D eigenvalue weighted by Crippen LogP contribution is -2.48. The number of ether oxygens (including phenoxy) is 2. The Bertz CT molecular complexity index is 1270. The molecule has 3 aliphatic rings. The predicted molar refractivity (Wildman–Crippen MR) is 133 cm³/mol. The monoisotopic (exact) mass is 554 g/mol. The Hall–Kier alpha value is -2.75. The van der Waals surface area contributed by atoms with Crippen LogP contribution < -0.4 is 0 Å². The number of carbonyl (C=O) groups excluding carboxylic acids is 1. The Morgan fingerprint density at radius 1 is 1.14 bits per heavy atom. The molecule has 3 aromatic rings. The first-order valence-corrected chi connectivity index (χ1v) is 13.2. The number of carboxylic acids is 1. The predicted octanol–water partition coefficient (Wildman–Crippen LogP) is 5.25. The van der Waals surface area contributed by atoms with E-state index in [1.54, 1.807) is 4.90 Å². The van der Waals surface area contributed by atoms with Crippen LogP contribution >= 0.6 is 27.3 Å². The van der Waals surface area contributed by atoms with Gasteiger partial charge in [-0.1, -0.05) is 48.5 Å². The molecule has 35 heavy (non-hydrogen) atoms. The Morgan fingerprint density at radius 3 is 2.40 bits per heavy atom. The Balaban J connectivity index is 1.17. The van der Waals surface area contributed by atoms with Crippen molar-refractivity contribution in [2.45, 2.75) is 30.4 Å². The smallest absolute Gasteiger partial charge is 0.410 e. The number of carboxylic acid groups (broad SMARTS) is 1. The van der Waals surface area contributed by atoms with Crippen molar-refractivity contribution in [1.82, 2.24) is 9.88 Å². The van der Waals surface area contributed by atoms with Crippen molar-refractivity contribution >= 4 is 39.3 Å². The van der Waals surface area contributed by atoms with Gasteiger partial charge in [-0.25, -0.2) is 14.6 Å². The zero-order valence-electron chi connectivity index (χ0n) is 18.7. The number of thiazole rings is 1. The van der Waals surface area contributed by atoms with Gasteiger partial charge in [0.25, 0.3) is 0 Å². The van der Waals surface area contributed by atoms with Gasteiger partial charge >= 0.3 is 12.1 Å². The molecular weight excluding hydrogens is 532 g/mol. The standard InChI is InChI=1S/C26H23BrN2O5S/c27-22-14-35-24(28-22)26(34-13-23(30)31)10-16-9-15(26)11-29(16)25(32)33-12-21-19-7-3-1-5-17(19)18-6-2-4-8-20(18)21/h1-8,14-16,21H,9-13H2,(H,30,31). The molecule has 2 aliphatic carbocycles. The number of benzene rings is 2. The van der Waals surface area contributed by atoms with Gasteiger partial charge in [-0.15, -0.1) is 11.3 Å². The molecule has 2 bridgehead atoms. The summed E-state index contributed by atoms with van der Waals surface area (Å²) in [5.41, 5.74) is 3.96. The van der Waals surface area contributed by atoms with E-state index in [9.17, 15) is 14.7 Å². The summed E-state index contributed by atoms with van der Waals surface area (Å²) >= 11 is 4.84. The highest BCUT2D eigenvalue weighted by Crippen LogP contribution is 2.54. The summed E-state index contributed by atoms with van der Waals surface area (Å²) in [7, 11) is 0. The molecule has 7 nitrogen and oxygen atoms in total. The van der Waals surface area contributed by atoms with E-state index < -0.39 is 18.2 Å². The molecule has 3 atom stereocenters. The molecule has 0 spiro atoms. The van der Waals surface area contributed by atoms with Crippen LogP contribution in [-0.2, 0) is 19.9 Å². The van der Waals surface area contributed by atoms with Gasteiger partial charge in [0.2, 0.25) is 0 Å². The molecule has 1 saturated carbocycles. The molecule has 1 saturated heterocycles. The summed E-state index contributed by atoms with van der Waals surface area (Å²) in [5, 5.41) is 11.9. The van der Waals surface area contributed by atoms with E-state index in [4.69, 9.17) is 9.47 Å². The number of halogens is 1. The van der Waals surface area contributed by atoms with Gasteiger partial charge < -0.3 is 19.5 Å². The number of hydrogen-bond acceptors (Lipinski definition) is 6. The second-order valence-electron chi connectivity index (χ2n) is 9.29. The summed E-state index contributed by atoms with van der Waals surface area (Å²) < 4.78 is 12.6. The van der Waals surface area contributed by atoms with Crippen LogP contribution in [-0.4, -0.2) is 52.9 Å². The van der Waals surface area contributed by atoms with Crippen LogP contribution in [0.4, 0.5) is 4.79 Å². The van der Waals surface area contributed by atoms with Gasteiger partial charge in [-0.05, 0) is 44.6 Å². The van der Waals surface area contributed by atoms with Gasteiger partial charge in [0.1, 0.15) is 28.4 Å². The maximum Gasteiger partial charge on any atom is 0.410 e. The molecule has 9 heteroatoms. The molecule has 1 N–H and O–H groups in total. The molecule has 3 unspecified atom stereocenters. The number of hydrogen-bond donors (Lipinski definition) is 1. The number of aliphatic carboxylic acids is 1. The lowest BCUT2D eigenvalue weighted by molar-refractivity contribution is -0.156. The highest BCUT2D eigenvalue weighted by Gasteiger charge is 2.59. The first-order valence-electron chi connectivity index (χ1n) is 11.5. The first-order chi connectivity index (χ1) is 17.0. The maximum atomic E-state index is 13.2. The fourth-order valence-electron chi connectivity index (χ4n) is 6.00. The molecule has 6 rings (SSSR count). The summed E-state index contributed by atoms with van der Waals surface area (Å²) in [6.07, 6.45) is 0.919. The second kappa shape index (κ2) is 8.72. The van der Waals surface area contributed by atoms with Gasteiger partial charge in [-0.2, -0.15) is 0 Å². The summed E-state index contributed by atoms with van der Waals surface area (Å²) in [6.45, 7) is 0.338. The normalized spacial score (nSPS) is 24.4. The highest BCUT2D eigenvalue weighted by molar-refractivity contribution is 9.10. The Kier molecular flexibility index (Phi) is 5.66. The summed E-state index contributed by atoms with van der Waals surface area (Å²) in [6, 6.07) is 16.5. The van der Waals surface area contributed by atoms with E-state index in [1.165, 1.54) is 33.6 Å². The van der Waals surface area contributed by atoms with Crippen LogP contribution in [0.3, 0.4) is 0 Å². The van der Waals surface area contributed by atoms with Crippen molar-refractivity contribution in [3.05, 3.63) is 74.6 Å². The lowest BCUT2D eigenvalue weighted by atomic mass is 9.89. The second-order valence-corrected chi connectivity index (χ2v) is 11.0. The number of rotatable bonds is 6. The number of nitrogens with zero attached hydrogens (tertiary/aromatic N) is 2. The minimum atomic E-state index is -1.02. The summed E-state index contributed by atoms with van der Waals surface area (Å²) in [5.74, 6) is -1.04. The van der Waals surface area contributed by atoms with Crippen molar-refractivity contribution in [2.75, 3.05) is 19.8 Å². The SMILES string of the molecule is O=C(O)COC1(c2nc(Br)cs2)CC2CC1CN2C(=O)OCC1c2ccccc2-c2ccccc21. The number of amides is 1. The minimum absolute atomic E-state index is 0.0109. The Morgan fingerprint density at radius 2 is 1.83 bits per heavy atom. The molecule has 0 radical (unpaired) electrons. The molecule has 2 heterocycles. The van der Waals surface area contributed by atoms with E-state index in [0.29, 0.717) is 17.6 Å².